The lowest BCUT2D eigenvalue weighted by Crippen LogP contribution is -2.60. The van der Waals surface area contributed by atoms with Gasteiger partial charge in [0.05, 0.1) is 20.1 Å². The third-order valence-electron chi connectivity index (χ3n) is 6.62. The summed E-state index contributed by atoms with van der Waals surface area (Å²) in [4.78, 5) is 44.4. The Kier molecular flexibility index (Phi) is 7.87. The minimum Gasteiger partial charge on any atom is -0.497 e. The van der Waals surface area contributed by atoms with Crippen LogP contribution in [0.3, 0.4) is 0 Å². The van der Waals surface area contributed by atoms with Gasteiger partial charge in [0.1, 0.15) is 11.8 Å². The van der Waals surface area contributed by atoms with Crippen LogP contribution in [-0.4, -0.2) is 86.5 Å². The van der Waals surface area contributed by atoms with Crippen molar-refractivity contribution in [2.75, 3.05) is 63.1 Å². The van der Waals surface area contributed by atoms with E-state index in [1.54, 1.807) is 12.0 Å². The fourth-order valence-electron chi connectivity index (χ4n) is 4.55. The van der Waals surface area contributed by atoms with Crippen molar-refractivity contribution in [2.45, 2.75) is 19.4 Å². The molecule has 186 valence electrons. The first-order valence-electron chi connectivity index (χ1n) is 12.0. The number of piperazine rings is 2. The first kappa shape index (κ1) is 24.5. The number of hydrogen-bond acceptors (Lipinski definition) is 6. The average Bonchev–Trinajstić information content (AvgIpc) is 2.87. The predicted octanol–water partition coefficient (Wildman–Crippen LogP) is 1.48. The minimum atomic E-state index is -0.805. The summed E-state index contributed by atoms with van der Waals surface area (Å²) in [7, 11) is 1.65. The van der Waals surface area contributed by atoms with Crippen LogP contribution in [0.25, 0.3) is 0 Å². The SMILES string of the molecule is COc1ccc(N2CCN(CC(=O)N3CCNC(=O)C3CC(=O)Nc3ccccc3C)CC2)cc1. The van der Waals surface area contributed by atoms with Crippen molar-refractivity contribution >= 4 is 29.1 Å². The molecule has 35 heavy (non-hydrogen) atoms. The van der Waals surface area contributed by atoms with Gasteiger partial charge in [-0.2, -0.15) is 0 Å². The van der Waals surface area contributed by atoms with Crippen molar-refractivity contribution in [2.24, 2.45) is 0 Å². The summed E-state index contributed by atoms with van der Waals surface area (Å²) in [6.45, 7) is 6.05. The lowest BCUT2D eigenvalue weighted by Gasteiger charge is -2.39. The van der Waals surface area contributed by atoms with Crippen LogP contribution in [0.2, 0.25) is 0 Å². The van der Waals surface area contributed by atoms with Gasteiger partial charge < -0.3 is 25.2 Å². The number of aryl methyl sites for hydroxylation is 1. The molecule has 0 aliphatic carbocycles. The Bertz CT molecular complexity index is 1050. The molecule has 0 bridgehead atoms. The zero-order valence-corrected chi connectivity index (χ0v) is 20.3. The largest absolute Gasteiger partial charge is 0.497 e. The summed E-state index contributed by atoms with van der Waals surface area (Å²) in [5, 5.41) is 5.66. The smallest absolute Gasteiger partial charge is 0.243 e. The number of carbonyl (C=O) groups is 3. The number of nitrogens with zero attached hydrogens (tertiary/aromatic N) is 3. The van der Waals surface area contributed by atoms with E-state index in [0.29, 0.717) is 18.8 Å². The number of para-hydroxylation sites is 1. The van der Waals surface area contributed by atoms with Crippen LogP contribution in [0.4, 0.5) is 11.4 Å². The summed E-state index contributed by atoms with van der Waals surface area (Å²) >= 11 is 0. The average molecular weight is 480 g/mol. The standard InChI is InChI=1S/C26H33N5O4/c1-19-5-3-4-6-22(19)28-24(32)17-23-26(34)27-11-12-31(23)25(33)18-29-13-15-30(16-14-29)20-7-9-21(35-2)10-8-20/h3-10,23H,11-18H2,1-2H3,(H,27,34)(H,28,32). The Morgan fingerprint density at radius 2 is 1.74 bits per heavy atom. The van der Waals surface area contributed by atoms with E-state index in [9.17, 15) is 14.4 Å². The van der Waals surface area contributed by atoms with Crippen molar-refractivity contribution in [1.82, 2.24) is 15.1 Å². The van der Waals surface area contributed by atoms with E-state index in [1.165, 1.54) is 0 Å². The van der Waals surface area contributed by atoms with Crippen molar-refractivity contribution in [1.29, 1.82) is 0 Å². The van der Waals surface area contributed by atoms with Gasteiger partial charge in [-0.25, -0.2) is 0 Å². The van der Waals surface area contributed by atoms with Gasteiger partial charge in [-0.1, -0.05) is 18.2 Å². The number of benzene rings is 2. The maximum absolute atomic E-state index is 13.2. The van der Waals surface area contributed by atoms with Crippen LogP contribution in [0.15, 0.2) is 48.5 Å². The lowest BCUT2D eigenvalue weighted by molar-refractivity contribution is -0.145. The topological polar surface area (TPSA) is 94.2 Å². The second-order valence-corrected chi connectivity index (χ2v) is 8.92. The Morgan fingerprint density at radius 1 is 1.03 bits per heavy atom. The normalized spacial score (nSPS) is 18.7. The van der Waals surface area contributed by atoms with Crippen LogP contribution in [0, 0.1) is 6.92 Å². The Morgan fingerprint density at radius 3 is 2.43 bits per heavy atom. The predicted molar refractivity (Wildman–Crippen MR) is 135 cm³/mol. The number of ether oxygens (including phenoxy) is 1. The van der Waals surface area contributed by atoms with E-state index in [2.05, 4.69) is 20.4 Å². The van der Waals surface area contributed by atoms with Gasteiger partial charge in [0, 0.05) is 50.6 Å². The van der Waals surface area contributed by atoms with Gasteiger partial charge >= 0.3 is 0 Å². The molecule has 9 nitrogen and oxygen atoms in total. The van der Waals surface area contributed by atoms with Gasteiger partial charge in [-0.3, -0.25) is 19.3 Å². The monoisotopic (exact) mass is 479 g/mol. The third kappa shape index (κ3) is 6.10. The van der Waals surface area contributed by atoms with Crippen LogP contribution in [0.1, 0.15) is 12.0 Å². The van der Waals surface area contributed by atoms with Crippen molar-refractivity contribution in [3.63, 3.8) is 0 Å². The van der Waals surface area contributed by atoms with Gasteiger partial charge in [0.25, 0.3) is 0 Å². The summed E-state index contributed by atoms with van der Waals surface area (Å²) in [5.74, 6) is 0.137. The molecule has 1 unspecified atom stereocenters. The molecule has 0 spiro atoms. The maximum Gasteiger partial charge on any atom is 0.243 e. The molecule has 2 aromatic carbocycles. The van der Waals surface area contributed by atoms with Crippen LogP contribution < -0.4 is 20.3 Å². The number of carbonyl (C=O) groups excluding carboxylic acids is 3. The summed E-state index contributed by atoms with van der Waals surface area (Å²) < 4.78 is 5.23. The highest BCUT2D eigenvalue weighted by Crippen LogP contribution is 2.21. The minimum absolute atomic E-state index is 0.0723. The Balaban J connectivity index is 1.32. The maximum atomic E-state index is 13.2. The van der Waals surface area contributed by atoms with Gasteiger partial charge in [0.15, 0.2) is 0 Å². The van der Waals surface area contributed by atoms with Crippen molar-refractivity contribution < 1.29 is 19.1 Å². The molecule has 2 aromatic rings. The van der Waals surface area contributed by atoms with Gasteiger partial charge in [-0.15, -0.1) is 0 Å². The number of nitrogens with one attached hydrogen (secondary N) is 2. The van der Waals surface area contributed by atoms with Crippen LogP contribution in [0.5, 0.6) is 5.75 Å². The van der Waals surface area contributed by atoms with E-state index in [0.717, 1.165) is 43.2 Å². The molecule has 0 saturated carbocycles. The van der Waals surface area contributed by atoms with Gasteiger partial charge in [0.2, 0.25) is 17.7 Å². The lowest BCUT2D eigenvalue weighted by atomic mass is 10.1. The van der Waals surface area contributed by atoms with E-state index in [-0.39, 0.29) is 30.7 Å². The van der Waals surface area contributed by atoms with Gasteiger partial charge in [-0.05, 0) is 42.8 Å². The van der Waals surface area contributed by atoms with Crippen LogP contribution in [-0.2, 0) is 14.4 Å². The molecule has 2 aliphatic heterocycles. The highest BCUT2D eigenvalue weighted by Gasteiger charge is 2.35. The molecular formula is C26H33N5O4. The summed E-state index contributed by atoms with van der Waals surface area (Å²) in [5.41, 5.74) is 2.78. The number of amides is 3. The van der Waals surface area contributed by atoms with E-state index in [4.69, 9.17) is 4.74 Å². The fraction of sp³-hybridized carbons (Fsp3) is 0.423. The van der Waals surface area contributed by atoms with E-state index < -0.39 is 6.04 Å². The Labute approximate surface area is 206 Å². The molecule has 1 atom stereocenters. The second-order valence-electron chi connectivity index (χ2n) is 8.92. The highest BCUT2D eigenvalue weighted by molar-refractivity contribution is 5.98. The molecule has 2 N–H and O–H groups in total. The zero-order chi connectivity index (χ0) is 24.8. The van der Waals surface area contributed by atoms with Crippen molar-refractivity contribution in [3.05, 3.63) is 54.1 Å². The first-order chi connectivity index (χ1) is 16.9. The Hall–Kier alpha value is -3.59. The summed E-state index contributed by atoms with van der Waals surface area (Å²) in [6, 6.07) is 14.6. The highest BCUT2D eigenvalue weighted by atomic mass is 16.5. The number of anilines is 2. The molecule has 2 aliphatic rings. The zero-order valence-electron chi connectivity index (χ0n) is 20.3. The third-order valence-corrected chi connectivity index (χ3v) is 6.62. The number of hydrogen-bond donors (Lipinski definition) is 2. The fourth-order valence-corrected chi connectivity index (χ4v) is 4.55. The molecule has 2 heterocycles. The molecule has 2 fully saturated rings. The van der Waals surface area contributed by atoms with E-state index >= 15 is 0 Å². The summed E-state index contributed by atoms with van der Waals surface area (Å²) in [6.07, 6.45) is -0.0723. The second kappa shape index (κ2) is 11.2. The molecule has 9 heteroatoms. The quantitative estimate of drug-likeness (QED) is 0.625. The molecule has 4 rings (SSSR count). The van der Waals surface area contributed by atoms with Crippen molar-refractivity contribution in [3.8, 4) is 5.75 Å². The van der Waals surface area contributed by atoms with Crippen LogP contribution >= 0.6 is 0 Å². The molecule has 0 radical (unpaired) electrons. The van der Waals surface area contributed by atoms with E-state index in [1.807, 2.05) is 55.5 Å². The molecule has 2 saturated heterocycles. The first-order valence-corrected chi connectivity index (χ1v) is 12.0. The molecular weight excluding hydrogens is 446 g/mol. The molecule has 3 amide bonds. The molecule has 0 aromatic heterocycles. The number of rotatable bonds is 7. The number of methoxy groups -OCH3 is 1.